The van der Waals surface area contributed by atoms with E-state index in [4.69, 9.17) is 9.15 Å². The van der Waals surface area contributed by atoms with E-state index in [9.17, 15) is 9.90 Å². The molecule has 4 nitrogen and oxygen atoms in total. The molecule has 0 saturated carbocycles. The molecule has 0 radical (unpaired) electrons. The Morgan fingerprint density at radius 2 is 1.70 bits per heavy atom. The van der Waals surface area contributed by atoms with Crippen LogP contribution in [0.4, 0.5) is 0 Å². The van der Waals surface area contributed by atoms with Gasteiger partial charge in [0.05, 0.1) is 5.39 Å². The first-order valence-corrected chi connectivity index (χ1v) is 6.17. The largest absolute Gasteiger partial charge is 0.499 e. The summed E-state index contributed by atoms with van der Waals surface area (Å²) in [6.07, 6.45) is 0. The molecule has 0 unspecified atom stereocenters. The van der Waals surface area contributed by atoms with E-state index in [-0.39, 0.29) is 12.4 Å². The lowest BCUT2D eigenvalue weighted by molar-refractivity contribution is 0.286. The van der Waals surface area contributed by atoms with Crippen LogP contribution in [0.3, 0.4) is 0 Å². The molecule has 0 aliphatic carbocycles. The fourth-order valence-corrected chi connectivity index (χ4v) is 1.99. The van der Waals surface area contributed by atoms with E-state index >= 15 is 0 Å². The van der Waals surface area contributed by atoms with Gasteiger partial charge in [-0.2, -0.15) is 0 Å². The highest BCUT2D eigenvalue weighted by atomic mass is 16.5. The van der Waals surface area contributed by atoms with Crippen molar-refractivity contribution in [3.05, 3.63) is 70.6 Å². The lowest BCUT2D eigenvalue weighted by Gasteiger charge is -2.09. The van der Waals surface area contributed by atoms with Gasteiger partial charge in [-0.3, -0.25) is 0 Å². The number of rotatable bonds is 3. The quantitative estimate of drug-likeness (QED) is 0.741. The summed E-state index contributed by atoms with van der Waals surface area (Å²) in [4.78, 5) is 11.6. The molecule has 4 heteroatoms. The van der Waals surface area contributed by atoms with Gasteiger partial charge in [0.1, 0.15) is 12.2 Å². The molecule has 0 aliphatic heterocycles. The summed E-state index contributed by atoms with van der Waals surface area (Å²) in [7, 11) is 0. The minimum atomic E-state index is -0.799. The second kappa shape index (κ2) is 5.09. The highest BCUT2D eigenvalue weighted by Crippen LogP contribution is 2.32. The zero-order chi connectivity index (χ0) is 13.9. The summed E-state index contributed by atoms with van der Waals surface area (Å²) >= 11 is 0. The van der Waals surface area contributed by atoms with Crippen LogP contribution in [0, 0.1) is 0 Å². The summed E-state index contributed by atoms with van der Waals surface area (Å²) < 4.78 is 10.6. The van der Waals surface area contributed by atoms with Gasteiger partial charge in [-0.25, -0.2) is 4.79 Å². The van der Waals surface area contributed by atoms with Gasteiger partial charge in [0.25, 0.3) is 0 Å². The highest BCUT2D eigenvalue weighted by Gasteiger charge is 2.14. The molecule has 0 saturated heterocycles. The van der Waals surface area contributed by atoms with Crippen molar-refractivity contribution < 1.29 is 14.3 Å². The first-order valence-electron chi connectivity index (χ1n) is 6.17. The number of hydrogen-bond acceptors (Lipinski definition) is 4. The summed E-state index contributed by atoms with van der Waals surface area (Å²) in [6.45, 7) is 0.266. The van der Waals surface area contributed by atoms with Gasteiger partial charge < -0.3 is 14.3 Å². The normalized spacial score (nSPS) is 10.6. The predicted octanol–water partition coefficient (Wildman–Crippen LogP) is 3.08. The van der Waals surface area contributed by atoms with Crippen LogP contribution in [0.1, 0.15) is 5.56 Å². The predicted molar refractivity (Wildman–Crippen MR) is 74.9 cm³/mol. The molecule has 1 heterocycles. The number of hydrogen-bond donors (Lipinski definition) is 1. The van der Waals surface area contributed by atoms with Gasteiger partial charge in [-0.15, -0.1) is 0 Å². The van der Waals surface area contributed by atoms with E-state index in [2.05, 4.69) is 0 Å². The molecule has 20 heavy (non-hydrogen) atoms. The highest BCUT2D eigenvalue weighted by molar-refractivity contribution is 5.85. The van der Waals surface area contributed by atoms with E-state index < -0.39 is 11.4 Å². The van der Waals surface area contributed by atoms with Crippen LogP contribution < -0.4 is 10.4 Å². The van der Waals surface area contributed by atoms with E-state index in [1.54, 1.807) is 24.3 Å². The second-order valence-corrected chi connectivity index (χ2v) is 4.34. The van der Waals surface area contributed by atoms with Crippen LogP contribution in [0.2, 0.25) is 0 Å². The van der Waals surface area contributed by atoms with Gasteiger partial charge in [0.2, 0.25) is 5.75 Å². The van der Waals surface area contributed by atoms with E-state index in [1.165, 1.54) is 0 Å². The molecular formula is C16H12O4. The zero-order valence-corrected chi connectivity index (χ0v) is 10.6. The average Bonchev–Trinajstić information content (AvgIpc) is 2.49. The Morgan fingerprint density at radius 3 is 2.50 bits per heavy atom. The van der Waals surface area contributed by atoms with Gasteiger partial charge in [0.15, 0.2) is 5.75 Å². The van der Waals surface area contributed by atoms with Crippen molar-refractivity contribution >= 4 is 11.0 Å². The molecule has 0 aliphatic rings. The van der Waals surface area contributed by atoms with Gasteiger partial charge >= 0.3 is 5.63 Å². The molecule has 0 fully saturated rings. The fraction of sp³-hybridized carbons (Fsp3) is 0.0625. The lowest BCUT2D eigenvalue weighted by atomic mass is 10.2. The Kier molecular flexibility index (Phi) is 3.13. The first kappa shape index (κ1) is 12.3. The number of aromatic hydroxyl groups is 1. The van der Waals surface area contributed by atoms with E-state index in [1.807, 2.05) is 30.3 Å². The third kappa shape index (κ3) is 2.23. The average molecular weight is 268 g/mol. The summed E-state index contributed by atoms with van der Waals surface area (Å²) in [5.74, 6) is -0.347. The van der Waals surface area contributed by atoms with Crippen molar-refractivity contribution in [1.29, 1.82) is 0 Å². The van der Waals surface area contributed by atoms with Crippen LogP contribution in [-0.4, -0.2) is 5.11 Å². The summed E-state index contributed by atoms with van der Waals surface area (Å²) in [6, 6.07) is 16.5. The van der Waals surface area contributed by atoms with Gasteiger partial charge in [0, 0.05) is 0 Å². The number of para-hydroxylation sites is 1. The van der Waals surface area contributed by atoms with Crippen LogP contribution in [0.5, 0.6) is 11.5 Å². The Hall–Kier alpha value is -2.75. The van der Waals surface area contributed by atoms with Crippen LogP contribution in [0.25, 0.3) is 11.0 Å². The van der Waals surface area contributed by atoms with Crippen LogP contribution in [0.15, 0.2) is 63.8 Å². The standard InChI is InChI=1S/C16H12O4/c17-14-15(19-10-11-6-2-1-3-7-11)12-8-4-5-9-13(12)20-16(14)18/h1-9,17H,10H2. The zero-order valence-electron chi connectivity index (χ0n) is 10.6. The third-order valence-electron chi connectivity index (χ3n) is 2.97. The Balaban J connectivity index is 2.02. The van der Waals surface area contributed by atoms with Crippen molar-refractivity contribution in [2.45, 2.75) is 6.61 Å². The van der Waals surface area contributed by atoms with Crippen LogP contribution in [-0.2, 0) is 6.61 Å². The molecule has 0 spiro atoms. The fourth-order valence-electron chi connectivity index (χ4n) is 1.99. The number of ether oxygens (including phenoxy) is 1. The molecule has 3 rings (SSSR count). The van der Waals surface area contributed by atoms with Gasteiger partial charge in [-0.1, -0.05) is 42.5 Å². The maximum atomic E-state index is 11.6. The number of fused-ring (bicyclic) bond motifs is 1. The Labute approximate surface area is 114 Å². The van der Waals surface area contributed by atoms with E-state index in [0.29, 0.717) is 11.0 Å². The van der Waals surface area contributed by atoms with Crippen molar-refractivity contribution in [2.24, 2.45) is 0 Å². The molecule has 3 aromatic rings. The molecule has 100 valence electrons. The van der Waals surface area contributed by atoms with E-state index in [0.717, 1.165) is 5.56 Å². The van der Waals surface area contributed by atoms with Crippen molar-refractivity contribution in [1.82, 2.24) is 0 Å². The molecule has 0 bridgehead atoms. The van der Waals surface area contributed by atoms with Crippen molar-refractivity contribution in [3.63, 3.8) is 0 Å². The summed E-state index contributed by atoms with van der Waals surface area (Å²) in [5, 5.41) is 10.4. The maximum Gasteiger partial charge on any atom is 0.382 e. The van der Waals surface area contributed by atoms with Crippen molar-refractivity contribution in [3.8, 4) is 11.5 Å². The van der Waals surface area contributed by atoms with Gasteiger partial charge in [-0.05, 0) is 17.7 Å². The topological polar surface area (TPSA) is 59.7 Å². The Bertz CT molecular complexity index is 790. The molecule has 2 aromatic carbocycles. The molecule has 1 aromatic heterocycles. The molecule has 0 amide bonds. The first-order chi connectivity index (χ1) is 9.75. The smallest absolute Gasteiger partial charge is 0.382 e. The summed E-state index contributed by atoms with van der Waals surface area (Å²) in [5.41, 5.74) is 0.536. The molecule has 0 atom stereocenters. The molecule has 1 N–H and O–H groups in total. The maximum absolute atomic E-state index is 11.6. The SMILES string of the molecule is O=c1oc2ccccc2c(OCc2ccccc2)c1O. The van der Waals surface area contributed by atoms with Crippen LogP contribution >= 0.6 is 0 Å². The third-order valence-corrected chi connectivity index (χ3v) is 2.97. The minimum Gasteiger partial charge on any atom is -0.499 e. The molecular weight excluding hydrogens is 256 g/mol. The van der Waals surface area contributed by atoms with Crippen molar-refractivity contribution in [2.75, 3.05) is 0 Å². The minimum absolute atomic E-state index is 0.153. The Morgan fingerprint density at radius 1 is 1.00 bits per heavy atom. The second-order valence-electron chi connectivity index (χ2n) is 4.34. The monoisotopic (exact) mass is 268 g/mol. The lowest BCUT2D eigenvalue weighted by Crippen LogP contribution is -2.03. The number of benzene rings is 2.